The van der Waals surface area contributed by atoms with Gasteiger partial charge in [0.05, 0.1) is 19.9 Å². The number of hydrogen-bond donors (Lipinski definition) is 2. The summed E-state index contributed by atoms with van der Waals surface area (Å²) in [6.45, 7) is 0. The average Bonchev–Trinajstić information content (AvgIpc) is 2.87. The van der Waals surface area contributed by atoms with E-state index in [9.17, 15) is 4.79 Å². The number of ether oxygens (including phenoxy) is 2. The second-order valence-corrected chi connectivity index (χ2v) is 3.51. The maximum atomic E-state index is 10.8. The van der Waals surface area contributed by atoms with E-state index in [1.165, 1.54) is 20.3 Å². The van der Waals surface area contributed by atoms with Crippen molar-refractivity contribution in [1.82, 2.24) is 10.2 Å². The number of hydrogen-bond acceptors (Lipinski definition) is 4. The Labute approximate surface area is 103 Å². The van der Waals surface area contributed by atoms with E-state index in [-0.39, 0.29) is 5.69 Å². The molecule has 0 unspecified atom stereocenters. The summed E-state index contributed by atoms with van der Waals surface area (Å²) < 4.78 is 10.4. The van der Waals surface area contributed by atoms with E-state index in [4.69, 9.17) is 14.6 Å². The molecule has 0 saturated carbocycles. The second kappa shape index (κ2) is 4.79. The van der Waals surface area contributed by atoms with Crippen LogP contribution in [0, 0.1) is 0 Å². The lowest BCUT2D eigenvalue weighted by atomic mass is 10.1. The van der Waals surface area contributed by atoms with Gasteiger partial charge in [-0.2, -0.15) is 5.10 Å². The molecule has 0 spiro atoms. The van der Waals surface area contributed by atoms with Crippen LogP contribution in [0.3, 0.4) is 0 Å². The molecule has 6 heteroatoms. The van der Waals surface area contributed by atoms with Crippen LogP contribution in [0.2, 0.25) is 0 Å². The molecule has 0 bridgehead atoms. The Morgan fingerprint density at radius 3 is 2.67 bits per heavy atom. The smallest absolute Gasteiger partial charge is 0.353 e. The predicted molar refractivity (Wildman–Crippen MR) is 64.1 cm³/mol. The summed E-state index contributed by atoms with van der Waals surface area (Å²) in [5, 5.41) is 15.2. The number of aromatic amines is 1. The molecule has 0 aliphatic rings. The largest absolute Gasteiger partial charge is 0.493 e. The maximum absolute atomic E-state index is 10.8. The third-order valence-electron chi connectivity index (χ3n) is 2.49. The minimum atomic E-state index is -1.06. The zero-order chi connectivity index (χ0) is 13.1. The number of H-pyrrole nitrogens is 1. The van der Waals surface area contributed by atoms with E-state index >= 15 is 0 Å². The lowest BCUT2D eigenvalue weighted by Gasteiger charge is -2.10. The molecule has 0 amide bonds. The van der Waals surface area contributed by atoms with Gasteiger partial charge in [-0.15, -0.1) is 0 Å². The summed E-state index contributed by atoms with van der Waals surface area (Å²) in [6.07, 6.45) is 0. The first kappa shape index (κ1) is 12.0. The first-order valence-electron chi connectivity index (χ1n) is 5.17. The number of aromatic nitrogens is 2. The second-order valence-electron chi connectivity index (χ2n) is 3.51. The first-order chi connectivity index (χ1) is 8.67. The first-order valence-corrected chi connectivity index (χ1v) is 5.17. The van der Waals surface area contributed by atoms with Crippen molar-refractivity contribution in [2.24, 2.45) is 0 Å². The number of carboxylic acids is 1. The Morgan fingerprint density at radius 2 is 2.11 bits per heavy atom. The number of benzene rings is 1. The van der Waals surface area contributed by atoms with Gasteiger partial charge in [0.2, 0.25) is 0 Å². The minimum absolute atomic E-state index is 0.0230. The molecule has 0 atom stereocenters. The number of para-hydroxylation sites is 1. The molecule has 94 valence electrons. The van der Waals surface area contributed by atoms with Gasteiger partial charge in [0.25, 0.3) is 0 Å². The third-order valence-corrected chi connectivity index (χ3v) is 2.49. The molecule has 18 heavy (non-hydrogen) atoms. The van der Waals surface area contributed by atoms with E-state index in [0.29, 0.717) is 22.8 Å². The van der Waals surface area contributed by atoms with Crippen LogP contribution < -0.4 is 9.47 Å². The van der Waals surface area contributed by atoms with Crippen molar-refractivity contribution in [3.05, 3.63) is 30.0 Å². The van der Waals surface area contributed by atoms with Crippen LogP contribution in [0.1, 0.15) is 10.5 Å². The number of carbonyl (C=O) groups is 1. The number of aromatic carboxylic acids is 1. The quantitative estimate of drug-likeness (QED) is 0.861. The van der Waals surface area contributed by atoms with E-state index in [2.05, 4.69) is 10.2 Å². The SMILES string of the molecule is COc1cccc(-c2cc(C(=O)O)[nH]n2)c1OC. The van der Waals surface area contributed by atoms with Crippen LogP contribution in [0.15, 0.2) is 24.3 Å². The van der Waals surface area contributed by atoms with Gasteiger partial charge in [0.1, 0.15) is 5.69 Å². The molecule has 0 aliphatic heterocycles. The van der Waals surface area contributed by atoms with Crippen LogP contribution in [-0.4, -0.2) is 35.5 Å². The van der Waals surface area contributed by atoms with Gasteiger partial charge in [0.15, 0.2) is 11.5 Å². The normalized spacial score (nSPS) is 10.1. The molecular formula is C12H12N2O4. The Morgan fingerprint density at radius 1 is 1.33 bits per heavy atom. The van der Waals surface area contributed by atoms with Crippen molar-refractivity contribution in [3.8, 4) is 22.8 Å². The summed E-state index contributed by atoms with van der Waals surface area (Å²) in [7, 11) is 3.06. The lowest BCUT2D eigenvalue weighted by molar-refractivity contribution is 0.0690. The Balaban J connectivity index is 2.52. The van der Waals surface area contributed by atoms with Crippen LogP contribution in [0.25, 0.3) is 11.3 Å². The molecule has 0 aliphatic carbocycles. The van der Waals surface area contributed by atoms with Crippen molar-refractivity contribution < 1.29 is 19.4 Å². The van der Waals surface area contributed by atoms with Gasteiger partial charge >= 0.3 is 5.97 Å². The zero-order valence-electron chi connectivity index (χ0n) is 9.93. The van der Waals surface area contributed by atoms with Gasteiger partial charge in [-0.1, -0.05) is 6.07 Å². The zero-order valence-corrected chi connectivity index (χ0v) is 9.93. The molecule has 0 fully saturated rings. The fraction of sp³-hybridized carbons (Fsp3) is 0.167. The Kier molecular flexibility index (Phi) is 3.18. The maximum Gasteiger partial charge on any atom is 0.353 e. The standard InChI is InChI=1S/C12H12N2O4/c1-17-10-5-3-4-7(11(10)18-2)8-6-9(12(15)16)14-13-8/h3-6H,1-2H3,(H,13,14)(H,15,16). The van der Waals surface area contributed by atoms with Gasteiger partial charge in [-0.05, 0) is 18.2 Å². The third kappa shape index (κ3) is 2.00. The average molecular weight is 248 g/mol. The molecule has 1 aromatic carbocycles. The summed E-state index contributed by atoms with van der Waals surface area (Å²) in [5.74, 6) is 0.0222. The van der Waals surface area contributed by atoms with Crippen LogP contribution in [-0.2, 0) is 0 Å². The molecule has 1 heterocycles. The molecule has 1 aromatic heterocycles. The number of rotatable bonds is 4. The van der Waals surface area contributed by atoms with Gasteiger partial charge in [-0.25, -0.2) is 4.79 Å². The Hall–Kier alpha value is -2.50. The van der Waals surface area contributed by atoms with E-state index in [0.717, 1.165) is 0 Å². The van der Waals surface area contributed by atoms with Crippen molar-refractivity contribution in [2.45, 2.75) is 0 Å². The summed E-state index contributed by atoms with van der Waals surface area (Å²) in [5.41, 5.74) is 1.18. The Bertz CT molecular complexity index is 577. The van der Waals surface area contributed by atoms with Crippen LogP contribution in [0.5, 0.6) is 11.5 Å². The number of nitrogens with zero attached hydrogens (tertiary/aromatic N) is 1. The molecule has 2 aromatic rings. The fourth-order valence-electron chi connectivity index (χ4n) is 1.66. The molecular weight excluding hydrogens is 236 g/mol. The minimum Gasteiger partial charge on any atom is -0.493 e. The van der Waals surface area contributed by atoms with Gasteiger partial charge in [0, 0.05) is 5.56 Å². The highest BCUT2D eigenvalue weighted by atomic mass is 16.5. The monoisotopic (exact) mass is 248 g/mol. The molecule has 2 rings (SSSR count). The lowest BCUT2D eigenvalue weighted by Crippen LogP contribution is -1.95. The van der Waals surface area contributed by atoms with Crippen molar-refractivity contribution in [2.75, 3.05) is 14.2 Å². The van der Waals surface area contributed by atoms with E-state index in [1.807, 2.05) is 0 Å². The molecule has 0 saturated heterocycles. The van der Waals surface area contributed by atoms with Gasteiger partial charge < -0.3 is 14.6 Å². The van der Waals surface area contributed by atoms with Crippen LogP contribution >= 0.6 is 0 Å². The summed E-state index contributed by atoms with van der Waals surface area (Å²) in [6, 6.07) is 6.77. The summed E-state index contributed by atoms with van der Waals surface area (Å²) in [4.78, 5) is 10.8. The van der Waals surface area contributed by atoms with Crippen molar-refractivity contribution >= 4 is 5.97 Å². The van der Waals surface area contributed by atoms with Crippen LogP contribution in [0.4, 0.5) is 0 Å². The highest BCUT2D eigenvalue weighted by Crippen LogP contribution is 2.36. The van der Waals surface area contributed by atoms with Gasteiger partial charge in [-0.3, -0.25) is 5.10 Å². The number of carboxylic acid groups (broad SMARTS) is 1. The topological polar surface area (TPSA) is 84.4 Å². The van der Waals surface area contributed by atoms with E-state index in [1.54, 1.807) is 18.2 Å². The fourth-order valence-corrected chi connectivity index (χ4v) is 1.66. The molecule has 0 radical (unpaired) electrons. The highest BCUT2D eigenvalue weighted by molar-refractivity contribution is 5.87. The van der Waals surface area contributed by atoms with Crippen molar-refractivity contribution in [1.29, 1.82) is 0 Å². The van der Waals surface area contributed by atoms with Crippen molar-refractivity contribution in [3.63, 3.8) is 0 Å². The van der Waals surface area contributed by atoms with E-state index < -0.39 is 5.97 Å². The number of methoxy groups -OCH3 is 2. The molecule has 2 N–H and O–H groups in total. The number of nitrogens with one attached hydrogen (secondary N) is 1. The predicted octanol–water partition coefficient (Wildman–Crippen LogP) is 1.79. The molecule has 6 nitrogen and oxygen atoms in total. The summed E-state index contributed by atoms with van der Waals surface area (Å²) >= 11 is 0. The highest BCUT2D eigenvalue weighted by Gasteiger charge is 2.15.